The standard InChI is InChI=1S/C44H58O4S4/c1-3-5-7-9-11-13-15-17-19-21-27-47-41-42(48-28-22-20-18-16-14-12-10-8-6-4-2)44-36(30-40(52-44)38-26-24-34(32-46)50-38)35-29-39(51-43(35)41)37-25-23-33(31-45)49-37/h23-26,29-32H,3-22,27-28H2,1-2H3. The first-order chi connectivity index (χ1) is 25.7. The van der Waals surface area contributed by atoms with Crippen LogP contribution in [-0.4, -0.2) is 25.8 Å². The van der Waals surface area contributed by atoms with Crippen molar-refractivity contribution in [2.45, 2.75) is 142 Å². The number of hydrogen-bond acceptors (Lipinski definition) is 8. The average Bonchev–Trinajstić information content (AvgIpc) is 3.99. The average molecular weight is 779 g/mol. The van der Waals surface area contributed by atoms with Crippen LogP contribution in [0.25, 0.3) is 39.7 Å². The van der Waals surface area contributed by atoms with Gasteiger partial charge in [-0.05, 0) is 49.2 Å². The lowest BCUT2D eigenvalue weighted by Gasteiger charge is -2.15. The van der Waals surface area contributed by atoms with E-state index in [1.807, 2.05) is 12.1 Å². The molecule has 0 saturated carbocycles. The van der Waals surface area contributed by atoms with Crippen LogP contribution in [0.15, 0.2) is 36.4 Å². The summed E-state index contributed by atoms with van der Waals surface area (Å²) in [6.07, 6.45) is 27.6. The quantitative estimate of drug-likeness (QED) is 0.0375. The predicted molar refractivity (Wildman–Crippen MR) is 229 cm³/mol. The van der Waals surface area contributed by atoms with Gasteiger partial charge in [0.25, 0.3) is 0 Å². The van der Waals surface area contributed by atoms with Gasteiger partial charge in [0.05, 0.1) is 32.4 Å². The molecule has 0 fully saturated rings. The highest BCUT2D eigenvalue weighted by Crippen LogP contribution is 2.53. The number of hydrogen-bond donors (Lipinski definition) is 0. The Labute approximate surface area is 328 Å². The van der Waals surface area contributed by atoms with Crippen LogP contribution in [0.4, 0.5) is 0 Å². The molecule has 282 valence electrons. The summed E-state index contributed by atoms with van der Waals surface area (Å²) in [5.41, 5.74) is 0. The molecule has 5 aromatic rings. The van der Waals surface area contributed by atoms with Crippen molar-refractivity contribution >= 4 is 78.1 Å². The zero-order chi connectivity index (χ0) is 36.4. The second-order valence-electron chi connectivity index (χ2n) is 14.1. The van der Waals surface area contributed by atoms with E-state index in [2.05, 4.69) is 38.1 Å². The lowest BCUT2D eigenvalue weighted by molar-refractivity contribution is 0.111. The molecule has 8 heteroatoms. The van der Waals surface area contributed by atoms with Crippen LogP contribution in [0.2, 0.25) is 0 Å². The molecule has 0 N–H and O–H groups in total. The van der Waals surface area contributed by atoms with E-state index in [-0.39, 0.29) is 0 Å². The molecule has 0 aliphatic carbocycles. The predicted octanol–water partition coefficient (Wildman–Crippen LogP) is 15.8. The number of rotatable bonds is 28. The molecule has 0 amide bonds. The van der Waals surface area contributed by atoms with Crippen LogP contribution in [0, 0.1) is 0 Å². The van der Waals surface area contributed by atoms with E-state index in [4.69, 9.17) is 9.47 Å². The molecule has 1 aromatic carbocycles. The SMILES string of the molecule is CCCCCCCCCCCCOc1c(OCCCCCCCCCCCC)c2sc(-c3ccc(C=O)s3)cc2c2cc(-c3ccc(C=O)s3)sc12. The fourth-order valence-corrected chi connectivity index (χ4v) is 11.0. The van der Waals surface area contributed by atoms with Crippen molar-refractivity contribution in [1.29, 1.82) is 0 Å². The van der Waals surface area contributed by atoms with E-state index in [9.17, 15) is 9.59 Å². The van der Waals surface area contributed by atoms with Crippen LogP contribution in [0.3, 0.4) is 0 Å². The molecule has 0 atom stereocenters. The van der Waals surface area contributed by atoms with Crippen LogP contribution < -0.4 is 9.47 Å². The first kappa shape index (κ1) is 40.7. The Balaban J connectivity index is 1.35. The number of benzene rings is 1. The summed E-state index contributed by atoms with van der Waals surface area (Å²) in [5, 5.41) is 2.32. The maximum absolute atomic E-state index is 11.5. The van der Waals surface area contributed by atoms with Crippen molar-refractivity contribution in [3.05, 3.63) is 46.2 Å². The van der Waals surface area contributed by atoms with Gasteiger partial charge < -0.3 is 9.47 Å². The highest BCUT2D eigenvalue weighted by atomic mass is 32.1. The third-order valence-corrected chi connectivity index (χ3v) is 14.5. The zero-order valence-electron chi connectivity index (χ0n) is 31.4. The van der Waals surface area contributed by atoms with Gasteiger partial charge in [-0.1, -0.05) is 129 Å². The van der Waals surface area contributed by atoms with Gasteiger partial charge >= 0.3 is 0 Å². The Kier molecular flexibility index (Phi) is 17.7. The fraction of sp³-hybridized carbons (Fsp3) is 0.545. The van der Waals surface area contributed by atoms with E-state index < -0.39 is 0 Å². The molecule has 4 aromatic heterocycles. The number of aldehydes is 2. The number of carbonyl (C=O) groups is 2. The van der Waals surface area contributed by atoms with Gasteiger partial charge in [0.2, 0.25) is 0 Å². The molecule has 0 aliphatic heterocycles. The van der Waals surface area contributed by atoms with E-state index in [0.717, 1.165) is 86.3 Å². The molecular weight excluding hydrogens is 721 g/mol. The minimum atomic E-state index is 0.666. The fourth-order valence-electron chi connectivity index (χ4n) is 6.86. The number of ether oxygens (including phenoxy) is 2. The van der Waals surface area contributed by atoms with Gasteiger partial charge in [-0.25, -0.2) is 0 Å². The Morgan fingerprint density at radius 3 is 1.12 bits per heavy atom. The second kappa shape index (κ2) is 22.6. The third-order valence-electron chi connectivity index (χ3n) is 9.83. The minimum Gasteiger partial charge on any atom is -0.488 e. The van der Waals surface area contributed by atoms with Gasteiger partial charge in [-0.2, -0.15) is 0 Å². The van der Waals surface area contributed by atoms with E-state index in [0.29, 0.717) is 13.2 Å². The second-order valence-corrected chi connectivity index (χ2v) is 18.4. The van der Waals surface area contributed by atoms with Gasteiger partial charge in [-0.3, -0.25) is 9.59 Å². The summed E-state index contributed by atoms with van der Waals surface area (Å²) in [7, 11) is 0. The summed E-state index contributed by atoms with van der Waals surface area (Å²) in [6, 6.07) is 12.4. The summed E-state index contributed by atoms with van der Waals surface area (Å²) < 4.78 is 15.8. The summed E-state index contributed by atoms with van der Waals surface area (Å²) in [6.45, 7) is 5.88. The topological polar surface area (TPSA) is 52.6 Å². The van der Waals surface area contributed by atoms with Gasteiger partial charge in [0.1, 0.15) is 0 Å². The maximum atomic E-state index is 11.5. The number of unbranched alkanes of at least 4 members (excludes halogenated alkanes) is 18. The molecule has 52 heavy (non-hydrogen) atoms. The van der Waals surface area contributed by atoms with E-state index >= 15 is 0 Å². The Morgan fingerprint density at radius 1 is 0.442 bits per heavy atom. The summed E-state index contributed by atoms with van der Waals surface area (Å²) >= 11 is 6.53. The zero-order valence-corrected chi connectivity index (χ0v) is 34.7. The lowest BCUT2D eigenvalue weighted by atomic mass is 10.1. The minimum absolute atomic E-state index is 0.666. The first-order valence-corrected chi connectivity index (χ1v) is 23.3. The Bertz CT molecular complexity index is 1660. The highest BCUT2D eigenvalue weighted by Gasteiger charge is 2.24. The van der Waals surface area contributed by atoms with Crippen LogP contribution in [0.1, 0.15) is 162 Å². The van der Waals surface area contributed by atoms with Crippen molar-refractivity contribution < 1.29 is 19.1 Å². The molecule has 0 radical (unpaired) electrons. The molecule has 5 rings (SSSR count). The molecule has 4 heterocycles. The molecule has 0 saturated heterocycles. The Morgan fingerprint density at radius 2 is 0.788 bits per heavy atom. The lowest BCUT2D eigenvalue weighted by Crippen LogP contribution is -2.03. The largest absolute Gasteiger partial charge is 0.488 e. The van der Waals surface area contributed by atoms with Crippen molar-refractivity contribution in [1.82, 2.24) is 0 Å². The van der Waals surface area contributed by atoms with Gasteiger partial charge in [0, 0.05) is 30.3 Å². The molecular formula is C44H58O4S4. The number of fused-ring (bicyclic) bond motifs is 3. The monoisotopic (exact) mass is 778 g/mol. The number of thiophene rings is 4. The summed E-state index contributed by atoms with van der Waals surface area (Å²) in [4.78, 5) is 29.0. The first-order valence-electron chi connectivity index (χ1n) is 20.1. The summed E-state index contributed by atoms with van der Waals surface area (Å²) in [5.74, 6) is 1.73. The smallest absolute Gasteiger partial charge is 0.180 e. The van der Waals surface area contributed by atoms with E-state index in [1.54, 1.807) is 22.7 Å². The molecule has 0 unspecified atom stereocenters. The molecule has 0 spiro atoms. The van der Waals surface area contributed by atoms with Crippen LogP contribution >= 0.6 is 45.3 Å². The van der Waals surface area contributed by atoms with Crippen LogP contribution in [-0.2, 0) is 0 Å². The van der Waals surface area contributed by atoms with Gasteiger partial charge in [-0.15, -0.1) is 45.3 Å². The van der Waals surface area contributed by atoms with Crippen molar-refractivity contribution in [2.75, 3.05) is 13.2 Å². The number of carbonyl (C=O) groups excluding carboxylic acids is 2. The van der Waals surface area contributed by atoms with Gasteiger partial charge in [0.15, 0.2) is 24.1 Å². The normalized spacial score (nSPS) is 11.6. The van der Waals surface area contributed by atoms with Crippen LogP contribution in [0.5, 0.6) is 11.5 Å². The maximum Gasteiger partial charge on any atom is 0.180 e. The van der Waals surface area contributed by atoms with Crippen molar-refractivity contribution in [2.24, 2.45) is 0 Å². The van der Waals surface area contributed by atoms with Crippen molar-refractivity contribution in [3.8, 4) is 31.0 Å². The third kappa shape index (κ3) is 11.7. The highest BCUT2D eigenvalue weighted by molar-refractivity contribution is 7.28. The van der Waals surface area contributed by atoms with E-state index in [1.165, 1.54) is 138 Å². The molecule has 4 nitrogen and oxygen atoms in total. The Hall–Kier alpha value is -2.52. The van der Waals surface area contributed by atoms with Crippen molar-refractivity contribution in [3.63, 3.8) is 0 Å². The molecule has 0 bridgehead atoms. The molecule has 0 aliphatic rings.